The Morgan fingerprint density at radius 3 is 2.44 bits per heavy atom. The molecule has 0 unspecified atom stereocenters. The fraction of sp³-hybridized carbons (Fsp3) is 0.450. The lowest BCUT2D eigenvalue weighted by Crippen LogP contribution is -2.41. The number of aromatic nitrogens is 1. The zero-order valence-corrected chi connectivity index (χ0v) is 15.7. The minimum absolute atomic E-state index is 0.337. The zero-order chi connectivity index (χ0) is 17.8. The smallest absolute Gasteiger partial charge is 0.399 e. The molecule has 2 aliphatic rings. The molecule has 130 valence electrons. The van der Waals surface area contributed by atoms with Gasteiger partial charge in [-0.25, -0.2) is 4.98 Å². The number of hydrogen-bond acceptors (Lipinski definition) is 4. The highest BCUT2D eigenvalue weighted by Gasteiger charge is 2.52. The van der Waals surface area contributed by atoms with Crippen molar-refractivity contribution in [1.82, 2.24) is 4.98 Å². The van der Waals surface area contributed by atoms with Crippen molar-refractivity contribution >= 4 is 24.1 Å². The van der Waals surface area contributed by atoms with Crippen LogP contribution in [0.15, 0.2) is 36.5 Å². The lowest BCUT2D eigenvalue weighted by molar-refractivity contribution is 0.00578. The number of aryl methyl sites for hydroxylation is 1. The molecule has 2 aliphatic heterocycles. The van der Waals surface area contributed by atoms with Crippen LogP contribution in [0.1, 0.15) is 38.8 Å². The Kier molecular flexibility index (Phi) is 3.71. The van der Waals surface area contributed by atoms with Crippen LogP contribution < -0.4 is 10.4 Å². The molecule has 25 heavy (non-hydrogen) atoms. The van der Waals surface area contributed by atoms with E-state index in [2.05, 4.69) is 69.9 Å². The zero-order valence-electron chi connectivity index (χ0n) is 15.7. The highest BCUT2D eigenvalue weighted by molar-refractivity contribution is 6.62. The van der Waals surface area contributed by atoms with Crippen LogP contribution in [0.25, 0.3) is 0 Å². The van der Waals surface area contributed by atoms with E-state index in [1.165, 1.54) is 11.3 Å². The molecular formula is C20H25BN2O2. The molecular weight excluding hydrogens is 311 g/mol. The summed E-state index contributed by atoms with van der Waals surface area (Å²) >= 11 is 0. The Labute approximate surface area is 150 Å². The summed E-state index contributed by atoms with van der Waals surface area (Å²) in [5.74, 6) is 0.989. The molecule has 1 aromatic carbocycles. The van der Waals surface area contributed by atoms with E-state index in [0.717, 1.165) is 29.8 Å². The van der Waals surface area contributed by atoms with E-state index in [1.807, 2.05) is 6.20 Å². The minimum Gasteiger partial charge on any atom is -0.399 e. The second-order valence-electron chi connectivity index (χ2n) is 8.02. The van der Waals surface area contributed by atoms with Crippen LogP contribution in [-0.2, 0) is 15.7 Å². The van der Waals surface area contributed by atoms with Crippen molar-refractivity contribution in [3.05, 3.63) is 47.7 Å². The number of pyridine rings is 1. The molecule has 0 aliphatic carbocycles. The number of hydrogen-bond donors (Lipinski definition) is 0. The third kappa shape index (κ3) is 2.66. The Hall–Kier alpha value is -1.85. The number of rotatable bonds is 2. The van der Waals surface area contributed by atoms with Gasteiger partial charge in [0.2, 0.25) is 0 Å². The van der Waals surface area contributed by atoms with Gasteiger partial charge in [0.05, 0.1) is 11.2 Å². The molecule has 0 amide bonds. The van der Waals surface area contributed by atoms with Crippen molar-refractivity contribution < 1.29 is 9.31 Å². The lowest BCUT2D eigenvalue weighted by Gasteiger charge is -2.32. The van der Waals surface area contributed by atoms with Crippen molar-refractivity contribution in [3.63, 3.8) is 0 Å². The Balaban J connectivity index is 1.63. The molecule has 2 aromatic rings. The van der Waals surface area contributed by atoms with E-state index in [4.69, 9.17) is 14.3 Å². The summed E-state index contributed by atoms with van der Waals surface area (Å²) in [4.78, 5) is 7.01. The third-order valence-corrected chi connectivity index (χ3v) is 5.81. The summed E-state index contributed by atoms with van der Waals surface area (Å²) in [6, 6.07) is 10.7. The summed E-state index contributed by atoms with van der Waals surface area (Å²) in [5.41, 5.74) is 4.13. The molecule has 0 spiro atoms. The molecule has 0 atom stereocenters. The average molecular weight is 336 g/mol. The Morgan fingerprint density at radius 1 is 1.08 bits per heavy atom. The molecule has 5 heteroatoms. The SMILES string of the molecule is Cc1cc(N2CCc3ccccc32)ncc1B1OC(C)(C)C(C)(C)O1. The maximum Gasteiger partial charge on any atom is 0.496 e. The Morgan fingerprint density at radius 2 is 1.76 bits per heavy atom. The Bertz CT molecular complexity index is 803. The van der Waals surface area contributed by atoms with Gasteiger partial charge in [0.25, 0.3) is 0 Å². The van der Waals surface area contributed by atoms with Crippen LogP contribution in [0.4, 0.5) is 11.5 Å². The van der Waals surface area contributed by atoms with Crippen LogP contribution in [-0.4, -0.2) is 29.8 Å². The van der Waals surface area contributed by atoms with Gasteiger partial charge in [-0.2, -0.15) is 0 Å². The van der Waals surface area contributed by atoms with Gasteiger partial charge in [0, 0.05) is 23.9 Å². The largest absolute Gasteiger partial charge is 0.496 e. The predicted molar refractivity (Wildman–Crippen MR) is 102 cm³/mol. The van der Waals surface area contributed by atoms with E-state index in [1.54, 1.807) is 0 Å². The van der Waals surface area contributed by atoms with Crippen LogP contribution in [0.3, 0.4) is 0 Å². The van der Waals surface area contributed by atoms with Crippen molar-refractivity contribution in [2.75, 3.05) is 11.4 Å². The molecule has 1 fully saturated rings. The second-order valence-corrected chi connectivity index (χ2v) is 8.02. The number of nitrogens with zero attached hydrogens (tertiary/aromatic N) is 2. The molecule has 4 rings (SSSR count). The standard InChI is InChI=1S/C20H25BN2O2/c1-14-12-18(23-11-10-15-8-6-7-9-17(15)23)22-13-16(14)21-24-19(2,3)20(4,5)25-21/h6-9,12-13H,10-11H2,1-5H3. The highest BCUT2D eigenvalue weighted by Crippen LogP contribution is 2.37. The average Bonchev–Trinajstić information content (AvgIpc) is 3.05. The number of anilines is 2. The molecule has 3 heterocycles. The monoisotopic (exact) mass is 336 g/mol. The number of benzene rings is 1. The van der Waals surface area contributed by atoms with E-state index in [-0.39, 0.29) is 18.3 Å². The molecule has 0 N–H and O–H groups in total. The molecule has 0 saturated carbocycles. The van der Waals surface area contributed by atoms with Gasteiger partial charge in [-0.1, -0.05) is 18.2 Å². The van der Waals surface area contributed by atoms with Crippen molar-refractivity contribution in [2.45, 2.75) is 52.2 Å². The van der Waals surface area contributed by atoms with Crippen LogP contribution in [0.5, 0.6) is 0 Å². The van der Waals surface area contributed by atoms with Gasteiger partial charge in [0.15, 0.2) is 0 Å². The van der Waals surface area contributed by atoms with Gasteiger partial charge in [-0.3, -0.25) is 0 Å². The first-order valence-corrected chi connectivity index (χ1v) is 8.96. The predicted octanol–water partition coefficient (Wildman–Crippen LogP) is 3.38. The van der Waals surface area contributed by atoms with Gasteiger partial charge in [0.1, 0.15) is 5.82 Å². The maximum atomic E-state index is 6.18. The summed E-state index contributed by atoms with van der Waals surface area (Å²) < 4.78 is 12.4. The summed E-state index contributed by atoms with van der Waals surface area (Å²) in [6.07, 6.45) is 2.98. The van der Waals surface area contributed by atoms with Crippen LogP contribution in [0.2, 0.25) is 0 Å². The van der Waals surface area contributed by atoms with Crippen molar-refractivity contribution in [2.24, 2.45) is 0 Å². The maximum absolute atomic E-state index is 6.18. The normalized spacial score (nSPS) is 20.8. The van der Waals surface area contributed by atoms with E-state index >= 15 is 0 Å². The van der Waals surface area contributed by atoms with Crippen LogP contribution in [0, 0.1) is 6.92 Å². The first-order chi connectivity index (χ1) is 11.8. The second kappa shape index (κ2) is 5.58. The summed E-state index contributed by atoms with van der Waals surface area (Å²) in [5, 5.41) is 0. The highest BCUT2D eigenvalue weighted by atomic mass is 16.7. The fourth-order valence-electron chi connectivity index (χ4n) is 3.49. The van der Waals surface area contributed by atoms with Crippen molar-refractivity contribution in [1.29, 1.82) is 0 Å². The van der Waals surface area contributed by atoms with Crippen LogP contribution >= 0.6 is 0 Å². The third-order valence-electron chi connectivity index (χ3n) is 5.81. The fourth-order valence-corrected chi connectivity index (χ4v) is 3.49. The lowest BCUT2D eigenvalue weighted by atomic mass is 9.77. The van der Waals surface area contributed by atoms with Gasteiger partial charge < -0.3 is 14.2 Å². The molecule has 1 aromatic heterocycles. The molecule has 4 nitrogen and oxygen atoms in total. The minimum atomic E-state index is -0.364. The van der Waals surface area contributed by atoms with Gasteiger partial charge in [-0.05, 0) is 64.3 Å². The molecule has 1 saturated heterocycles. The first kappa shape index (κ1) is 16.6. The quantitative estimate of drug-likeness (QED) is 0.788. The first-order valence-electron chi connectivity index (χ1n) is 8.96. The number of fused-ring (bicyclic) bond motifs is 1. The van der Waals surface area contributed by atoms with E-state index < -0.39 is 0 Å². The van der Waals surface area contributed by atoms with E-state index in [9.17, 15) is 0 Å². The topological polar surface area (TPSA) is 34.6 Å². The summed E-state index contributed by atoms with van der Waals surface area (Å²) in [7, 11) is -0.364. The molecule has 0 radical (unpaired) electrons. The molecule has 0 bridgehead atoms. The number of para-hydroxylation sites is 1. The van der Waals surface area contributed by atoms with Gasteiger partial charge >= 0.3 is 7.12 Å². The van der Waals surface area contributed by atoms with E-state index in [0.29, 0.717) is 0 Å². The van der Waals surface area contributed by atoms with Crippen molar-refractivity contribution in [3.8, 4) is 0 Å². The summed E-state index contributed by atoms with van der Waals surface area (Å²) in [6.45, 7) is 11.4. The van der Waals surface area contributed by atoms with Gasteiger partial charge in [-0.15, -0.1) is 0 Å².